The largest absolute Gasteiger partial charge is 0.479 e. The van der Waals surface area contributed by atoms with Gasteiger partial charge >= 0.3 is 5.97 Å². The van der Waals surface area contributed by atoms with E-state index in [9.17, 15) is 79.8 Å². The van der Waals surface area contributed by atoms with Gasteiger partial charge in [0.05, 0.1) is 44.6 Å². The van der Waals surface area contributed by atoms with Crippen molar-refractivity contribution < 1.29 is 127 Å². The Bertz CT molecular complexity index is 2010. The summed E-state index contributed by atoms with van der Waals surface area (Å²) in [6.07, 6.45) is -34.8. The van der Waals surface area contributed by atoms with Crippen LogP contribution in [0.4, 0.5) is 0 Å². The number of aliphatic carboxylic acids is 1. The first-order valence-electron chi connectivity index (χ1n) is 25.2. The number of nitrogens with two attached hydrogens (primary N) is 1. The number of likely N-dealkylation sites (N-methyl/N-ethyl adjacent to an activating group) is 1. The lowest BCUT2D eigenvalue weighted by Gasteiger charge is -2.51. The van der Waals surface area contributed by atoms with Crippen LogP contribution < -0.4 is 37.6 Å². The van der Waals surface area contributed by atoms with Crippen LogP contribution in [0.25, 0.3) is 0 Å². The zero-order chi connectivity index (χ0) is 58.0. The number of carbonyl (C=O) groups is 6. The third-order valence-electron chi connectivity index (χ3n) is 13.6. The Kier molecular flexibility index (Phi) is 24.2. The molecule has 5 saturated heterocycles. The predicted octanol–water partition coefficient (Wildman–Crippen LogP) is -10.1. The van der Waals surface area contributed by atoms with E-state index in [1.54, 1.807) is 6.92 Å². The third-order valence-corrected chi connectivity index (χ3v) is 13.6. The number of aliphatic hydroxyl groups excluding tert-OH is 9. The summed E-state index contributed by atoms with van der Waals surface area (Å²) >= 11 is 0. The van der Waals surface area contributed by atoms with Crippen molar-refractivity contribution >= 4 is 35.5 Å². The maximum absolute atomic E-state index is 13.3. The number of nitrogens with one attached hydrogen (secondary N) is 6. The van der Waals surface area contributed by atoms with Gasteiger partial charge in [-0.3, -0.25) is 24.0 Å². The Morgan fingerprint density at radius 1 is 0.538 bits per heavy atom. The number of rotatable bonds is 23. The molecule has 0 aliphatic carbocycles. The van der Waals surface area contributed by atoms with E-state index in [1.165, 1.54) is 7.05 Å². The number of carbonyl (C=O) groups excluding carboxylic acids is 5. The highest BCUT2D eigenvalue weighted by Gasteiger charge is 2.58. The SMILES string of the molecule is CN[C@@H]1C(C)O[C@H](OCC2O[C@@H](OCCCN)C(NC(C)=O)C(O)[C@@H]2O[C@H]2OC([C@@H](O)CO)[C@@H](O)C(O)C2O)C(NC(C)=O)C1O[C@@H]1OC(C(=O)O)[C@@H](O[C@H]2OC(CO)[C@@H](O)C(O)C2NC(C)=O)C(NC(C)=O)C1NC(C)=O. The molecule has 18 N–H and O–H groups in total. The molecule has 0 saturated carbocycles. The van der Waals surface area contributed by atoms with Gasteiger partial charge in [-0.25, -0.2) is 4.79 Å². The normalized spacial score (nSPS) is 41.4. The first-order valence-corrected chi connectivity index (χ1v) is 25.2. The second-order valence-electron chi connectivity index (χ2n) is 19.5. The van der Waals surface area contributed by atoms with Gasteiger partial charge in [-0.05, 0) is 26.9 Å². The van der Waals surface area contributed by atoms with Crippen LogP contribution in [0.5, 0.6) is 0 Å². The molecule has 0 aromatic heterocycles. The number of amides is 5. The Labute approximate surface area is 446 Å². The van der Waals surface area contributed by atoms with E-state index < -0.39 is 215 Å². The molecule has 5 aliphatic heterocycles. The minimum atomic E-state index is -2.17. The number of carboxylic acids is 1. The number of carboxylic acid groups (broad SMARTS) is 1. The quantitative estimate of drug-likeness (QED) is 0.0423. The van der Waals surface area contributed by atoms with Crippen LogP contribution in [0, 0.1) is 0 Å². The van der Waals surface area contributed by atoms with E-state index in [1.807, 2.05) is 0 Å². The lowest BCUT2D eigenvalue weighted by Crippen LogP contribution is -2.74. The summed E-state index contributed by atoms with van der Waals surface area (Å²) in [6.45, 7) is 4.59. The Balaban J connectivity index is 1.53. The van der Waals surface area contributed by atoms with E-state index in [0.717, 1.165) is 34.6 Å². The molecule has 0 aromatic rings. The van der Waals surface area contributed by atoms with Crippen LogP contribution in [0.2, 0.25) is 0 Å². The third kappa shape index (κ3) is 15.7. The fourth-order valence-electron chi connectivity index (χ4n) is 9.95. The molecule has 5 aliphatic rings. The molecule has 5 rings (SSSR count). The molecule has 15 unspecified atom stereocenters. The van der Waals surface area contributed by atoms with Gasteiger partial charge in [0.1, 0.15) is 104 Å². The van der Waals surface area contributed by atoms with Gasteiger partial charge in [0.15, 0.2) is 37.6 Å². The van der Waals surface area contributed by atoms with Crippen LogP contribution in [-0.2, 0) is 76.1 Å². The molecule has 0 bridgehead atoms. The minimum Gasteiger partial charge on any atom is -0.479 e. The molecule has 78 heavy (non-hydrogen) atoms. The molecule has 0 spiro atoms. The molecule has 0 radical (unpaired) electrons. The van der Waals surface area contributed by atoms with E-state index in [-0.39, 0.29) is 19.6 Å². The molecular weight excluding hydrogens is 1050 g/mol. The van der Waals surface area contributed by atoms with Crippen molar-refractivity contribution in [3.05, 3.63) is 0 Å². The summed E-state index contributed by atoms with van der Waals surface area (Å²) in [5.74, 6) is -5.43. The average Bonchev–Trinajstić information content (AvgIpc) is 3.40. The van der Waals surface area contributed by atoms with Crippen molar-refractivity contribution in [2.45, 2.75) is 207 Å². The molecule has 0 aromatic carbocycles. The zero-order valence-corrected chi connectivity index (χ0v) is 43.8. The topological polar surface area (TPSA) is 495 Å². The smallest absolute Gasteiger partial charge is 0.335 e. The molecule has 33 nitrogen and oxygen atoms in total. The summed E-state index contributed by atoms with van der Waals surface area (Å²) in [7, 11) is 1.49. The van der Waals surface area contributed by atoms with Crippen LogP contribution in [0.1, 0.15) is 48.0 Å². The Morgan fingerprint density at radius 2 is 1.05 bits per heavy atom. The van der Waals surface area contributed by atoms with Crippen LogP contribution >= 0.6 is 0 Å². The van der Waals surface area contributed by atoms with Gasteiger partial charge in [0.25, 0.3) is 0 Å². The number of hydrogen-bond acceptors (Lipinski definition) is 27. The molecule has 33 heteroatoms. The fraction of sp³-hybridized carbons (Fsp3) is 0.867. The highest BCUT2D eigenvalue weighted by Crippen LogP contribution is 2.36. The van der Waals surface area contributed by atoms with Gasteiger partial charge in [0, 0.05) is 34.6 Å². The highest BCUT2D eigenvalue weighted by molar-refractivity contribution is 5.77. The first kappa shape index (κ1) is 64.8. The summed E-state index contributed by atoms with van der Waals surface area (Å²) in [4.78, 5) is 77.2. The van der Waals surface area contributed by atoms with Crippen molar-refractivity contribution in [3.8, 4) is 0 Å². The van der Waals surface area contributed by atoms with Crippen molar-refractivity contribution in [3.63, 3.8) is 0 Å². The summed E-state index contributed by atoms with van der Waals surface area (Å²) < 4.78 is 61.1. The number of hydrogen-bond donors (Lipinski definition) is 17. The van der Waals surface area contributed by atoms with Crippen molar-refractivity contribution in [1.82, 2.24) is 31.9 Å². The lowest BCUT2D eigenvalue weighted by atomic mass is 9.91. The van der Waals surface area contributed by atoms with Gasteiger partial charge in [-0.15, -0.1) is 0 Å². The van der Waals surface area contributed by atoms with Crippen molar-refractivity contribution in [2.24, 2.45) is 5.73 Å². The summed E-state index contributed by atoms with van der Waals surface area (Å²) in [5.41, 5.74) is 5.68. The monoisotopic (exact) mass is 1130 g/mol. The second-order valence-corrected chi connectivity index (χ2v) is 19.5. The number of aliphatic hydroxyl groups is 9. The molecule has 5 amide bonds. The summed E-state index contributed by atoms with van der Waals surface area (Å²) in [6, 6.07) is -8.71. The fourth-order valence-corrected chi connectivity index (χ4v) is 9.95. The first-order chi connectivity index (χ1) is 36.8. The predicted molar refractivity (Wildman–Crippen MR) is 254 cm³/mol. The van der Waals surface area contributed by atoms with E-state index in [2.05, 4.69) is 31.9 Å². The number of ether oxygens (including phenoxy) is 10. The van der Waals surface area contributed by atoms with E-state index in [0.29, 0.717) is 0 Å². The maximum Gasteiger partial charge on any atom is 0.335 e. The van der Waals surface area contributed by atoms with Crippen molar-refractivity contribution in [2.75, 3.05) is 40.0 Å². The van der Waals surface area contributed by atoms with E-state index in [4.69, 9.17) is 53.1 Å². The second kappa shape index (κ2) is 29.1. The molecule has 26 atom stereocenters. The minimum absolute atomic E-state index is 0.0544. The molecule has 448 valence electrons. The average molecular weight is 1130 g/mol. The van der Waals surface area contributed by atoms with Crippen molar-refractivity contribution in [1.29, 1.82) is 0 Å². The van der Waals surface area contributed by atoms with Gasteiger partial charge in [-0.1, -0.05) is 0 Å². The van der Waals surface area contributed by atoms with Crippen LogP contribution in [0.3, 0.4) is 0 Å². The molecular formula is C45H77N7O26. The maximum atomic E-state index is 13.3. The van der Waals surface area contributed by atoms with Crippen LogP contribution in [0.15, 0.2) is 0 Å². The van der Waals surface area contributed by atoms with Gasteiger partial charge in [0.2, 0.25) is 29.5 Å². The highest BCUT2D eigenvalue weighted by atomic mass is 16.8. The lowest BCUT2D eigenvalue weighted by molar-refractivity contribution is -0.358. The van der Waals surface area contributed by atoms with Crippen LogP contribution in [-0.4, -0.2) is 286 Å². The van der Waals surface area contributed by atoms with Gasteiger partial charge in [-0.2, -0.15) is 0 Å². The zero-order valence-electron chi connectivity index (χ0n) is 43.8. The molecule has 5 heterocycles. The van der Waals surface area contributed by atoms with E-state index >= 15 is 0 Å². The molecule has 5 fully saturated rings. The Hall–Kier alpha value is -4.02. The summed E-state index contributed by atoms with van der Waals surface area (Å²) in [5, 5.41) is 123. The van der Waals surface area contributed by atoms with Gasteiger partial charge < -0.3 is 136 Å². The Morgan fingerprint density at radius 3 is 1.60 bits per heavy atom. The standard InChI is InChI=1S/C45H77N7O26/c1-14-23(47-7)37(76-43-25(49-16(3)56)24(48-15(2)55)38(39(78-43)40(67)68)77-44-26(50-17(4)57)30(62)29(61)21(12-54)72-44)28(52-19(6)59)42(71-14)70-13-22-36(31(63)27(51-18(5)58)41(73-22)69-10-8-9-46)75-45-34(66)32(64)33(65)35(74-45)20(60)11-53/h14,20-39,41-45,47,53-54,60-66H,8-13,46H2,1-7H3,(H,48,55)(H,49,56)(H,50,57)(H,51,58)(H,52,59)(H,67,68)/t14?,20-,21?,22?,23+,24?,25?,26?,27?,28?,29+,30?,31?,32?,33-,34?,35?,36+,37?,38-,39?,41+,42-,43+,44+,45+/m0/s1.